The Bertz CT molecular complexity index is 1270. The van der Waals surface area contributed by atoms with Crippen LogP contribution in [0.4, 0.5) is 5.69 Å². The molecule has 4 rings (SSSR count). The van der Waals surface area contributed by atoms with E-state index in [0.29, 0.717) is 39.1 Å². The maximum Gasteiger partial charge on any atom is 0.262 e. The van der Waals surface area contributed by atoms with Crippen molar-refractivity contribution in [1.82, 2.24) is 9.55 Å². The van der Waals surface area contributed by atoms with Gasteiger partial charge in [-0.05, 0) is 61.6 Å². The van der Waals surface area contributed by atoms with Gasteiger partial charge in [0.2, 0.25) is 11.8 Å². The largest absolute Gasteiger partial charge is 0.366 e. The zero-order valence-corrected chi connectivity index (χ0v) is 20.5. The fourth-order valence-electron chi connectivity index (χ4n) is 4.59. The van der Waals surface area contributed by atoms with Crippen molar-refractivity contribution in [2.24, 2.45) is 17.6 Å². The summed E-state index contributed by atoms with van der Waals surface area (Å²) in [6.07, 6.45) is 3.14. The highest BCUT2D eigenvalue weighted by atomic mass is 32.2. The molecule has 0 radical (unpaired) electrons. The van der Waals surface area contributed by atoms with E-state index in [1.165, 1.54) is 11.8 Å². The number of rotatable bonds is 6. The first kappa shape index (κ1) is 24.0. The van der Waals surface area contributed by atoms with E-state index in [-0.39, 0.29) is 17.5 Å². The number of nitrogens with one attached hydrogen (secondary N) is 1. The Morgan fingerprint density at radius 3 is 2.53 bits per heavy atom. The average Bonchev–Trinajstić information content (AvgIpc) is 2.82. The molecule has 0 spiro atoms. The summed E-state index contributed by atoms with van der Waals surface area (Å²) in [5, 5.41) is 3.55. The van der Waals surface area contributed by atoms with Crippen molar-refractivity contribution < 1.29 is 9.59 Å². The Morgan fingerprint density at radius 2 is 1.82 bits per heavy atom. The predicted molar refractivity (Wildman–Crippen MR) is 136 cm³/mol. The molecule has 0 saturated heterocycles. The molecule has 1 saturated carbocycles. The summed E-state index contributed by atoms with van der Waals surface area (Å²) in [6, 6.07) is 13.9. The standard InChI is InChI=1S/C26H30N4O3S/c1-15-7-6-10-22(16(15)2)30-25(33)20-8-4-5-9-21(20)29-26(30)34-17(3)24(32)28-19-13-11-18(12-14-19)23(27)31/h4-5,8-9,11-17,22H,6-7,10H2,1-3H3,(H2,27,31)(H,28,32)/t15-,16-,17+,22-/m1/s1. The van der Waals surface area contributed by atoms with Gasteiger partial charge in [0.1, 0.15) is 0 Å². The first-order valence-corrected chi connectivity index (χ1v) is 12.5. The Balaban J connectivity index is 1.64. The van der Waals surface area contributed by atoms with Crippen LogP contribution < -0.4 is 16.6 Å². The van der Waals surface area contributed by atoms with Crippen molar-refractivity contribution in [1.29, 1.82) is 0 Å². The van der Waals surface area contributed by atoms with Crippen LogP contribution in [0, 0.1) is 11.8 Å². The second-order valence-electron chi connectivity index (χ2n) is 9.11. The number of carbonyl (C=O) groups is 2. The Hall–Kier alpha value is -3.13. The summed E-state index contributed by atoms with van der Waals surface area (Å²) in [5.74, 6) is 0.116. The van der Waals surface area contributed by atoms with E-state index in [2.05, 4.69) is 19.2 Å². The summed E-state index contributed by atoms with van der Waals surface area (Å²) >= 11 is 1.30. The molecule has 3 N–H and O–H groups in total. The molecule has 8 heteroatoms. The van der Waals surface area contributed by atoms with E-state index in [1.54, 1.807) is 31.2 Å². The number of hydrogen-bond acceptors (Lipinski definition) is 5. The lowest BCUT2D eigenvalue weighted by Gasteiger charge is -2.36. The van der Waals surface area contributed by atoms with Crippen molar-refractivity contribution in [3.8, 4) is 0 Å². The highest BCUT2D eigenvalue weighted by molar-refractivity contribution is 8.00. The quantitative estimate of drug-likeness (QED) is 0.397. The molecular formula is C26H30N4O3S. The van der Waals surface area contributed by atoms with Crippen LogP contribution in [0.25, 0.3) is 10.9 Å². The third-order valence-electron chi connectivity index (χ3n) is 6.86. The maximum absolute atomic E-state index is 13.6. The van der Waals surface area contributed by atoms with Gasteiger partial charge in [-0.1, -0.05) is 50.6 Å². The number of nitrogens with two attached hydrogens (primary N) is 1. The number of nitrogens with zero attached hydrogens (tertiary/aromatic N) is 2. The fraction of sp³-hybridized carbons (Fsp3) is 0.385. The lowest BCUT2D eigenvalue weighted by atomic mass is 9.78. The molecule has 0 bridgehead atoms. The Kier molecular flexibility index (Phi) is 7.07. The smallest absolute Gasteiger partial charge is 0.262 e. The number of anilines is 1. The van der Waals surface area contributed by atoms with Gasteiger partial charge in [-0.25, -0.2) is 4.98 Å². The van der Waals surface area contributed by atoms with Crippen LogP contribution in [0.1, 0.15) is 56.4 Å². The van der Waals surface area contributed by atoms with E-state index in [1.807, 2.05) is 28.8 Å². The number of para-hydroxylation sites is 1. The fourth-order valence-corrected chi connectivity index (χ4v) is 5.56. The van der Waals surface area contributed by atoms with Crippen molar-refractivity contribution in [3.05, 3.63) is 64.4 Å². The first-order valence-electron chi connectivity index (χ1n) is 11.6. The van der Waals surface area contributed by atoms with E-state index < -0.39 is 11.2 Å². The molecule has 3 aromatic rings. The van der Waals surface area contributed by atoms with Crippen LogP contribution in [-0.2, 0) is 4.79 Å². The van der Waals surface area contributed by atoms with Crippen LogP contribution in [0.5, 0.6) is 0 Å². The second kappa shape index (κ2) is 10.0. The van der Waals surface area contributed by atoms with Gasteiger partial charge in [0.05, 0.1) is 16.2 Å². The minimum Gasteiger partial charge on any atom is -0.366 e. The summed E-state index contributed by atoms with van der Waals surface area (Å²) in [4.78, 5) is 42.6. The average molecular weight is 479 g/mol. The molecule has 1 aromatic heterocycles. The number of aromatic nitrogens is 2. The maximum atomic E-state index is 13.6. The molecule has 34 heavy (non-hydrogen) atoms. The minimum absolute atomic E-state index is 0.0475. The van der Waals surface area contributed by atoms with Gasteiger partial charge in [0.15, 0.2) is 5.16 Å². The van der Waals surface area contributed by atoms with Crippen LogP contribution in [0.15, 0.2) is 58.5 Å². The molecule has 2 amide bonds. The number of benzene rings is 2. The van der Waals surface area contributed by atoms with E-state index in [0.717, 1.165) is 19.3 Å². The summed E-state index contributed by atoms with van der Waals surface area (Å²) < 4.78 is 1.83. The Labute approximate surface area is 203 Å². The molecule has 1 fully saturated rings. The van der Waals surface area contributed by atoms with Gasteiger partial charge in [0.25, 0.3) is 5.56 Å². The zero-order valence-electron chi connectivity index (χ0n) is 19.7. The van der Waals surface area contributed by atoms with Gasteiger partial charge in [-0.15, -0.1) is 0 Å². The van der Waals surface area contributed by atoms with Crippen molar-refractivity contribution in [3.63, 3.8) is 0 Å². The molecule has 178 valence electrons. The number of fused-ring (bicyclic) bond motifs is 1. The lowest BCUT2D eigenvalue weighted by molar-refractivity contribution is -0.115. The summed E-state index contributed by atoms with van der Waals surface area (Å²) in [7, 11) is 0. The molecule has 2 aromatic carbocycles. The highest BCUT2D eigenvalue weighted by Crippen LogP contribution is 2.39. The molecule has 0 aliphatic heterocycles. The van der Waals surface area contributed by atoms with Crippen LogP contribution in [-0.4, -0.2) is 26.6 Å². The highest BCUT2D eigenvalue weighted by Gasteiger charge is 2.32. The van der Waals surface area contributed by atoms with Crippen molar-refractivity contribution >= 4 is 40.2 Å². The summed E-state index contributed by atoms with van der Waals surface area (Å²) in [5.41, 5.74) is 6.82. The van der Waals surface area contributed by atoms with Gasteiger partial charge in [0, 0.05) is 17.3 Å². The van der Waals surface area contributed by atoms with E-state index in [9.17, 15) is 14.4 Å². The number of amides is 2. The number of carbonyl (C=O) groups excluding carboxylic acids is 2. The molecule has 1 aliphatic rings. The lowest BCUT2D eigenvalue weighted by Crippen LogP contribution is -2.36. The molecule has 7 nitrogen and oxygen atoms in total. The second-order valence-corrected chi connectivity index (χ2v) is 10.4. The van der Waals surface area contributed by atoms with Crippen molar-refractivity contribution in [2.45, 2.75) is 56.5 Å². The monoisotopic (exact) mass is 478 g/mol. The van der Waals surface area contributed by atoms with Gasteiger partial charge >= 0.3 is 0 Å². The third-order valence-corrected chi connectivity index (χ3v) is 7.93. The topological polar surface area (TPSA) is 107 Å². The number of primary amides is 1. The van der Waals surface area contributed by atoms with Gasteiger partial charge in [-0.3, -0.25) is 19.0 Å². The van der Waals surface area contributed by atoms with Gasteiger partial charge < -0.3 is 11.1 Å². The van der Waals surface area contributed by atoms with Crippen LogP contribution >= 0.6 is 11.8 Å². The number of hydrogen-bond donors (Lipinski definition) is 2. The van der Waals surface area contributed by atoms with Crippen LogP contribution in [0.3, 0.4) is 0 Å². The van der Waals surface area contributed by atoms with Gasteiger partial charge in [-0.2, -0.15) is 0 Å². The molecule has 1 aliphatic carbocycles. The molecular weight excluding hydrogens is 448 g/mol. The van der Waals surface area contributed by atoms with E-state index >= 15 is 0 Å². The van der Waals surface area contributed by atoms with Crippen LogP contribution in [0.2, 0.25) is 0 Å². The first-order chi connectivity index (χ1) is 16.3. The third kappa shape index (κ3) is 4.87. The molecule has 0 unspecified atom stereocenters. The molecule has 4 atom stereocenters. The normalized spacial score (nSPS) is 21.2. The Morgan fingerprint density at radius 1 is 1.12 bits per heavy atom. The molecule has 1 heterocycles. The van der Waals surface area contributed by atoms with Crippen molar-refractivity contribution in [2.75, 3.05) is 5.32 Å². The van der Waals surface area contributed by atoms with E-state index in [4.69, 9.17) is 10.7 Å². The SMILES string of the molecule is C[C@@H]1[C@H](C)CCC[C@H]1n1c(S[C@@H](C)C(=O)Nc2ccc(C(N)=O)cc2)nc2ccccc2c1=O. The predicted octanol–water partition coefficient (Wildman–Crippen LogP) is 4.61. The number of thioether (sulfide) groups is 1. The minimum atomic E-state index is -0.520. The summed E-state index contributed by atoms with van der Waals surface area (Å²) in [6.45, 7) is 6.25. The zero-order chi connectivity index (χ0) is 24.4.